The van der Waals surface area contributed by atoms with Crippen LogP contribution in [-0.2, 0) is 10.0 Å². The molecule has 0 aromatic carbocycles. The van der Waals surface area contributed by atoms with Crippen LogP contribution in [0.15, 0.2) is 0 Å². The van der Waals surface area contributed by atoms with Crippen LogP contribution in [0.4, 0.5) is 0 Å². The Morgan fingerprint density at radius 2 is 1.74 bits per heavy atom. The van der Waals surface area contributed by atoms with Crippen molar-refractivity contribution in [3.8, 4) is 0 Å². The molecule has 0 saturated heterocycles. The quantitative estimate of drug-likeness (QED) is 0.542. The summed E-state index contributed by atoms with van der Waals surface area (Å²) in [5.74, 6) is 0.972. The molecule has 0 radical (unpaired) electrons. The highest BCUT2D eigenvalue weighted by molar-refractivity contribution is 7.89. The minimum Gasteiger partial charge on any atom is -0.314 e. The van der Waals surface area contributed by atoms with Crippen molar-refractivity contribution in [1.82, 2.24) is 10.0 Å². The van der Waals surface area contributed by atoms with Gasteiger partial charge in [-0.15, -0.1) is 0 Å². The maximum atomic E-state index is 11.7. The molecule has 0 heterocycles. The third-order valence-electron chi connectivity index (χ3n) is 3.38. The predicted octanol–water partition coefficient (Wildman–Crippen LogP) is 2.26. The summed E-state index contributed by atoms with van der Waals surface area (Å²) >= 11 is 0. The van der Waals surface area contributed by atoms with Crippen LogP contribution in [0.2, 0.25) is 0 Å². The van der Waals surface area contributed by atoms with Gasteiger partial charge in [0, 0.05) is 12.6 Å². The first-order chi connectivity index (χ1) is 8.99. The Morgan fingerprint density at radius 1 is 1.05 bits per heavy atom. The van der Waals surface area contributed by atoms with Crippen LogP contribution in [0.1, 0.15) is 58.8 Å². The van der Waals surface area contributed by atoms with Gasteiger partial charge in [0.25, 0.3) is 0 Å². The second-order valence-electron chi connectivity index (χ2n) is 6.04. The molecular formula is C14H30N2O2S. The molecule has 0 atom stereocenters. The van der Waals surface area contributed by atoms with Gasteiger partial charge in [-0.2, -0.15) is 0 Å². The monoisotopic (exact) mass is 290 g/mol. The summed E-state index contributed by atoms with van der Waals surface area (Å²) < 4.78 is 26.1. The van der Waals surface area contributed by atoms with Crippen LogP contribution in [0.5, 0.6) is 0 Å². The Morgan fingerprint density at radius 3 is 2.37 bits per heavy atom. The van der Waals surface area contributed by atoms with Crippen molar-refractivity contribution < 1.29 is 8.42 Å². The van der Waals surface area contributed by atoms with Gasteiger partial charge in [-0.1, -0.05) is 26.7 Å². The van der Waals surface area contributed by atoms with Gasteiger partial charge in [-0.05, 0) is 44.6 Å². The topological polar surface area (TPSA) is 58.2 Å². The zero-order valence-corrected chi connectivity index (χ0v) is 13.3. The Hall–Kier alpha value is -0.130. The van der Waals surface area contributed by atoms with Gasteiger partial charge < -0.3 is 5.32 Å². The Kier molecular flexibility index (Phi) is 7.95. The number of nitrogens with one attached hydrogen (secondary N) is 2. The molecule has 0 aromatic heterocycles. The van der Waals surface area contributed by atoms with E-state index in [0.29, 0.717) is 12.5 Å². The number of rotatable bonds is 12. The normalized spacial score (nSPS) is 16.2. The molecule has 0 aromatic rings. The first kappa shape index (κ1) is 16.9. The van der Waals surface area contributed by atoms with Gasteiger partial charge in [0.1, 0.15) is 0 Å². The zero-order chi connectivity index (χ0) is 14.1. The molecule has 5 heteroatoms. The maximum Gasteiger partial charge on any atom is 0.211 e. The molecule has 1 rings (SSSR count). The van der Waals surface area contributed by atoms with E-state index < -0.39 is 10.0 Å². The standard InChI is InChI=1S/C14H30N2O2S/c1-13(2)7-3-4-11-16-19(17,18)12-6-5-10-15-14-8-9-14/h13-16H,3-12H2,1-2H3. The van der Waals surface area contributed by atoms with Gasteiger partial charge >= 0.3 is 0 Å². The van der Waals surface area contributed by atoms with Crippen molar-refractivity contribution in [2.75, 3.05) is 18.8 Å². The first-order valence-electron chi connectivity index (χ1n) is 7.70. The third-order valence-corrected chi connectivity index (χ3v) is 4.85. The minimum atomic E-state index is -3.05. The second-order valence-corrected chi connectivity index (χ2v) is 7.96. The minimum absolute atomic E-state index is 0.267. The molecule has 0 amide bonds. The molecule has 0 spiro atoms. The molecule has 1 aliphatic rings. The number of hydrogen-bond acceptors (Lipinski definition) is 3. The molecule has 1 saturated carbocycles. The lowest BCUT2D eigenvalue weighted by Gasteiger charge is -2.08. The summed E-state index contributed by atoms with van der Waals surface area (Å²) in [6.07, 6.45) is 7.50. The molecular weight excluding hydrogens is 260 g/mol. The number of unbranched alkanes of at least 4 members (excludes halogenated alkanes) is 2. The van der Waals surface area contributed by atoms with Crippen LogP contribution in [-0.4, -0.2) is 33.3 Å². The maximum absolute atomic E-state index is 11.7. The zero-order valence-electron chi connectivity index (χ0n) is 12.5. The van der Waals surface area contributed by atoms with Crippen LogP contribution in [0.25, 0.3) is 0 Å². The van der Waals surface area contributed by atoms with E-state index in [0.717, 1.165) is 38.3 Å². The highest BCUT2D eigenvalue weighted by Crippen LogP contribution is 2.18. The van der Waals surface area contributed by atoms with Crippen LogP contribution < -0.4 is 10.0 Å². The molecule has 1 aliphatic carbocycles. The Balaban J connectivity index is 1.93. The number of sulfonamides is 1. The van der Waals surface area contributed by atoms with Crippen molar-refractivity contribution in [2.24, 2.45) is 5.92 Å². The van der Waals surface area contributed by atoms with Crippen molar-refractivity contribution >= 4 is 10.0 Å². The largest absolute Gasteiger partial charge is 0.314 e. The van der Waals surface area contributed by atoms with E-state index in [1.807, 2.05) is 0 Å². The molecule has 4 nitrogen and oxygen atoms in total. The molecule has 19 heavy (non-hydrogen) atoms. The van der Waals surface area contributed by atoms with Gasteiger partial charge in [0.15, 0.2) is 0 Å². The van der Waals surface area contributed by atoms with E-state index in [4.69, 9.17) is 0 Å². The Labute approximate surface area is 118 Å². The van der Waals surface area contributed by atoms with E-state index >= 15 is 0 Å². The molecule has 1 fully saturated rings. The average molecular weight is 290 g/mol. The summed E-state index contributed by atoms with van der Waals surface area (Å²) in [6.45, 7) is 5.93. The summed E-state index contributed by atoms with van der Waals surface area (Å²) in [5, 5.41) is 3.40. The number of hydrogen-bond donors (Lipinski definition) is 2. The van der Waals surface area contributed by atoms with Gasteiger partial charge in [0.2, 0.25) is 10.0 Å². The van der Waals surface area contributed by atoms with Crippen molar-refractivity contribution in [3.63, 3.8) is 0 Å². The lowest BCUT2D eigenvalue weighted by atomic mass is 10.1. The third kappa shape index (κ3) is 10.3. The van der Waals surface area contributed by atoms with E-state index in [9.17, 15) is 8.42 Å². The van der Waals surface area contributed by atoms with Gasteiger partial charge in [0.05, 0.1) is 5.75 Å². The second kappa shape index (κ2) is 8.93. The summed E-state index contributed by atoms with van der Waals surface area (Å²) in [7, 11) is -3.05. The van der Waals surface area contributed by atoms with Crippen LogP contribution >= 0.6 is 0 Å². The highest BCUT2D eigenvalue weighted by Gasteiger charge is 2.19. The van der Waals surface area contributed by atoms with Crippen molar-refractivity contribution in [1.29, 1.82) is 0 Å². The molecule has 0 unspecified atom stereocenters. The predicted molar refractivity (Wildman–Crippen MR) is 80.7 cm³/mol. The van der Waals surface area contributed by atoms with Crippen molar-refractivity contribution in [2.45, 2.75) is 64.8 Å². The van der Waals surface area contributed by atoms with Crippen LogP contribution in [0.3, 0.4) is 0 Å². The lowest BCUT2D eigenvalue weighted by Crippen LogP contribution is -2.28. The highest BCUT2D eigenvalue weighted by atomic mass is 32.2. The smallest absolute Gasteiger partial charge is 0.211 e. The van der Waals surface area contributed by atoms with E-state index in [1.165, 1.54) is 19.3 Å². The lowest BCUT2D eigenvalue weighted by molar-refractivity contribution is 0.529. The van der Waals surface area contributed by atoms with Gasteiger partial charge in [-0.3, -0.25) is 0 Å². The molecule has 2 N–H and O–H groups in total. The fourth-order valence-electron chi connectivity index (χ4n) is 1.99. The first-order valence-corrected chi connectivity index (χ1v) is 9.35. The summed E-state index contributed by atoms with van der Waals surface area (Å²) in [6, 6.07) is 0.718. The van der Waals surface area contributed by atoms with Crippen molar-refractivity contribution in [3.05, 3.63) is 0 Å². The average Bonchev–Trinajstić information content (AvgIpc) is 3.11. The van der Waals surface area contributed by atoms with Gasteiger partial charge in [-0.25, -0.2) is 13.1 Å². The SMILES string of the molecule is CC(C)CCCCNS(=O)(=O)CCCCNC1CC1. The Bertz CT molecular complexity index is 306. The fraction of sp³-hybridized carbons (Fsp3) is 1.00. The summed E-state index contributed by atoms with van der Waals surface area (Å²) in [5.41, 5.74) is 0. The molecule has 0 bridgehead atoms. The van der Waals surface area contributed by atoms with E-state index in [2.05, 4.69) is 23.9 Å². The molecule has 0 aliphatic heterocycles. The summed E-state index contributed by atoms with van der Waals surface area (Å²) in [4.78, 5) is 0. The fourth-order valence-corrected chi connectivity index (χ4v) is 3.17. The van der Waals surface area contributed by atoms with E-state index in [-0.39, 0.29) is 5.75 Å². The molecule has 114 valence electrons. The van der Waals surface area contributed by atoms with E-state index in [1.54, 1.807) is 0 Å². The van der Waals surface area contributed by atoms with Crippen LogP contribution in [0, 0.1) is 5.92 Å².